The van der Waals surface area contributed by atoms with E-state index in [1.54, 1.807) is 12.1 Å². The number of carbonyl (C=O) groups is 2. The van der Waals surface area contributed by atoms with Crippen molar-refractivity contribution in [1.82, 2.24) is 10.2 Å². The SMILES string of the molecule is CCN(C)CC(=O)Oc1ccc(CNC(=O)CCCC/C=C/C(C)C)cc1OC. The molecule has 0 aliphatic rings. The third kappa shape index (κ3) is 10.7. The first-order valence-electron chi connectivity index (χ1n) is 10.3. The minimum atomic E-state index is -0.336. The Morgan fingerprint density at radius 3 is 2.62 bits per heavy atom. The summed E-state index contributed by atoms with van der Waals surface area (Å²) in [6.45, 7) is 7.67. The molecule has 0 radical (unpaired) electrons. The largest absolute Gasteiger partial charge is 0.493 e. The number of nitrogens with one attached hydrogen (secondary N) is 1. The number of likely N-dealkylation sites (N-methyl/N-ethyl adjacent to an activating group) is 1. The fourth-order valence-electron chi connectivity index (χ4n) is 2.60. The fourth-order valence-corrected chi connectivity index (χ4v) is 2.60. The lowest BCUT2D eigenvalue weighted by molar-refractivity contribution is -0.135. The van der Waals surface area contributed by atoms with Crippen LogP contribution in [-0.2, 0) is 16.1 Å². The van der Waals surface area contributed by atoms with Gasteiger partial charge >= 0.3 is 5.97 Å². The Morgan fingerprint density at radius 1 is 1.21 bits per heavy atom. The second-order valence-electron chi connectivity index (χ2n) is 7.48. The number of unbranched alkanes of at least 4 members (excludes halogenated alkanes) is 2. The molecule has 0 spiro atoms. The number of benzene rings is 1. The van der Waals surface area contributed by atoms with Crippen LogP contribution in [0.4, 0.5) is 0 Å². The Balaban J connectivity index is 2.44. The molecule has 1 N–H and O–H groups in total. The molecule has 6 nitrogen and oxygen atoms in total. The van der Waals surface area contributed by atoms with Crippen LogP contribution >= 0.6 is 0 Å². The number of methoxy groups -OCH3 is 1. The molecule has 0 aliphatic carbocycles. The van der Waals surface area contributed by atoms with Gasteiger partial charge in [0, 0.05) is 13.0 Å². The highest BCUT2D eigenvalue weighted by Gasteiger charge is 2.13. The smallest absolute Gasteiger partial charge is 0.325 e. The van der Waals surface area contributed by atoms with Crippen molar-refractivity contribution in [2.45, 2.75) is 53.0 Å². The maximum Gasteiger partial charge on any atom is 0.325 e. The van der Waals surface area contributed by atoms with E-state index < -0.39 is 0 Å². The van der Waals surface area contributed by atoms with Gasteiger partial charge in [-0.25, -0.2) is 0 Å². The molecule has 29 heavy (non-hydrogen) atoms. The van der Waals surface area contributed by atoms with Gasteiger partial charge in [-0.2, -0.15) is 0 Å². The molecule has 1 amide bonds. The molecule has 1 aromatic carbocycles. The van der Waals surface area contributed by atoms with Crippen LogP contribution in [0, 0.1) is 5.92 Å². The number of hydrogen-bond donors (Lipinski definition) is 1. The summed E-state index contributed by atoms with van der Waals surface area (Å²) in [6, 6.07) is 5.31. The summed E-state index contributed by atoms with van der Waals surface area (Å²) in [5.41, 5.74) is 0.889. The highest BCUT2D eigenvalue weighted by molar-refractivity contribution is 5.76. The first-order chi connectivity index (χ1) is 13.8. The van der Waals surface area contributed by atoms with Crippen molar-refractivity contribution in [1.29, 1.82) is 0 Å². The van der Waals surface area contributed by atoms with Crippen LogP contribution in [0.25, 0.3) is 0 Å². The monoisotopic (exact) mass is 404 g/mol. The van der Waals surface area contributed by atoms with Gasteiger partial charge in [-0.3, -0.25) is 14.5 Å². The molecule has 1 aromatic rings. The lowest BCUT2D eigenvalue weighted by Crippen LogP contribution is -2.28. The van der Waals surface area contributed by atoms with Gasteiger partial charge in [-0.05, 0) is 56.5 Å². The summed E-state index contributed by atoms with van der Waals surface area (Å²) in [6.07, 6.45) is 7.79. The molecular formula is C23H36N2O4. The standard InChI is InChI=1S/C23H36N2O4/c1-6-25(4)17-23(27)29-20-14-13-19(15-21(20)28-5)16-24-22(26)12-10-8-7-9-11-18(2)3/h9,11,13-15,18H,6-8,10,12,16-17H2,1-5H3,(H,24,26)/b11-9+. The fraction of sp³-hybridized carbons (Fsp3) is 0.565. The van der Waals surface area contributed by atoms with Gasteiger partial charge in [0.25, 0.3) is 0 Å². The summed E-state index contributed by atoms with van der Waals surface area (Å²) < 4.78 is 10.7. The number of nitrogens with zero attached hydrogens (tertiary/aromatic N) is 1. The van der Waals surface area contributed by atoms with Crippen LogP contribution in [0.2, 0.25) is 0 Å². The van der Waals surface area contributed by atoms with Crippen LogP contribution in [0.3, 0.4) is 0 Å². The van der Waals surface area contributed by atoms with E-state index in [1.165, 1.54) is 7.11 Å². The van der Waals surface area contributed by atoms with E-state index in [-0.39, 0.29) is 18.4 Å². The minimum Gasteiger partial charge on any atom is -0.493 e. The van der Waals surface area contributed by atoms with Gasteiger partial charge in [-0.15, -0.1) is 0 Å². The molecule has 0 saturated carbocycles. The molecule has 1 rings (SSSR count). The molecule has 0 heterocycles. The van der Waals surface area contributed by atoms with E-state index in [0.717, 1.165) is 31.4 Å². The lowest BCUT2D eigenvalue weighted by Gasteiger charge is -2.15. The Hall–Kier alpha value is -2.34. The number of esters is 1. The van der Waals surface area contributed by atoms with E-state index in [1.807, 2.05) is 24.9 Å². The van der Waals surface area contributed by atoms with Gasteiger partial charge in [0.1, 0.15) is 0 Å². The quantitative estimate of drug-likeness (QED) is 0.233. The Morgan fingerprint density at radius 2 is 1.97 bits per heavy atom. The number of carbonyl (C=O) groups excluding carboxylic acids is 2. The lowest BCUT2D eigenvalue weighted by atomic mass is 10.1. The van der Waals surface area contributed by atoms with Crippen LogP contribution < -0.4 is 14.8 Å². The zero-order valence-electron chi connectivity index (χ0n) is 18.5. The van der Waals surface area contributed by atoms with E-state index in [9.17, 15) is 9.59 Å². The van der Waals surface area contributed by atoms with Crippen molar-refractivity contribution in [2.24, 2.45) is 5.92 Å². The van der Waals surface area contributed by atoms with Crippen LogP contribution in [-0.4, -0.2) is 44.0 Å². The molecule has 162 valence electrons. The number of hydrogen-bond acceptors (Lipinski definition) is 5. The number of allylic oxidation sites excluding steroid dienone is 2. The molecule has 6 heteroatoms. The highest BCUT2D eigenvalue weighted by Crippen LogP contribution is 2.28. The Bertz CT molecular complexity index is 671. The summed E-state index contributed by atoms with van der Waals surface area (Å²) in [4.78, 5) is 25.8. The Kier molecular flexibility index (Phi) is 11.7. The van der Waals surface area contributed by atoms with Crippen molar-refractivity contribution < 1.29 is 19.1 Å². The predicted molar refractivity (Wildman–Crippen MR) is 116 cm³/mol. The van der Waals surface area contributed by atoms with Crippen LogP contribution in [0.1, 0.15) is 52.0 Å². The first kappa shape index (κ1) is 24.7. The zero-order valence-corrected chi connectivity index (χ0v) is 18.5. The third-order valence-corrected chi connectivity index (χ3v) is 4.43. The third-order valence-electron chi connectivity index (χ3n) is 4.43. The van der Waals surface area contributed by atoms with E-state index in [0.29, 0.717) is 30.4 Å². The molecule has 0 unspecified atom stereocenters. The average Bonchev–Trinajstić information content (AvgIpc) is 2.69. The number of ether oxygens (including phenoxy) is 2. The van der Waals surface area contributed by atoms with Crippen molar-refractivity contribution >= 4 is 11.9 Å². The molecule has 0 bridgehead atoms. The topological polar surface area (TPSA) is 67.9 Å². The molecule has 0 aromatic heterocycles. The molecule has 0 aliphatic heterocycles. The van der Waals surface area contributed by atoms with Crippen molar-refractivity contribution in [3.05, 3.63) is 35.9 Å². The predicted octanol–water partition coefficient (Wildman–Crippen LogP) is 3.94. The van der Waals surface area contributed by atoms with Gasteiger partial charge < -0.3 is 14.8 Å². The summed E-state index contributed by atoms with van der Waals surface area (Å²) in [7, 11) is 3.38. The summed E-state index contributed by atoms with van der Waals surface area (Å²) >= 11 is 0. The van der Waals surface area contributed by atoms with Gasteiger partial charge in [-0.1, -0.05) is 39.0 Å². The Labute approximate surface area is 175 Å². The second-order valence-corrected chi connectivity index (χ2v) is 7.48. The van der Waals surface area contributed by atoms with Gasteiger partial charge in [0.05, 0.1) is 13.7 Å². The van der Waals surface area contributed by atoms with E-state index in [4.69, 9.17) is 9.47 Å². The molecule has 0 atom stereocenters. The van der Waals surface area contributed by atoms with Crippen molar-refractivity contribution in [2.75, 3.05) is 27.2 Å². The number of amides is 1. The normalized spacial score (nSPS) is 11.3. The van der Waals surface area contributed by atoms with Gasteiger partial charge in [0.15, 0.2) is 11.5 Å². The molecule has 0 fully saturated rings. The zero-order chi connectivity index (χ0) is 21.6. The maximum atomic E-state index is 12.0. The highest BCUT2D eigenvalue weighted by atomic mass is 16.6. The van der Waals surface area contributed by atoms with Crippen LogP contribution in [0.15, 0.2) is 30.4 Å². The minimum absolute atomic E-state index is 0.0370. The van der Waals surface area contributed by atoms with Crippen molar-refractivity contribution in [3.8, 4) is 11.5 Å². The van der Waals surface area contributed by atoms with E-state index >= 15 is 0 Å². The van der Waals surface area contributed by atoms with E-state index in [2.05, 4.69) is 31.3 Å². The van der Waals surface area contributed by atoms with Gasteiger partial charge in [0.2, 0.25) is 5.91 Å². The first-order valence-corrected chi connectivity index (χ1v) is 10.3. The maximum absolute atomic E-state index is 12.0. The number of rotatable bonds is 13. The summed E-state index contributed by atoms with van der Waals surface area (Å²) in [5, 5.41) is 2.93. The average molecular weight is 405 g/mol. The molecule has 0 saturated heterocycles. The molecular weight excluding hydrogens is 368 g/mol. The van der Waals surface area contributed by atoms with Crippen molar-refractivity contribution in [3.63, 3.8) is 0 Å². The summed E-state index contributed by atoms with van der Waals surface area (Å²) in [5.74, 6) is 1.13. The van der Waals surface area contributed by atoms with Crippen LogP contribution in [0.5, 0.6) is 11.5 Å². The second kappa shape index (κ2) is 13.8.